The quantitative estimate of drug-likeness (QED) is 0.623. The van der Waals surface area contributed by atoms with Gasteiger partial charge in [-0.1, -0.05) is 42.5 Å². The molecule has 4 rings (SSSR count). The van der Waals surface area contributed by atoms with E-state index < -0.39 is 5.41 Å². The molecule has 1 aliphatic rings. The Bertz CT molecular complexity index is 1120. The SMILES string of the molecule is CNC(=O)C1(Cc2ccccc2-c2cccnc2)CCN(C(=O)Cc2cccc(F)c2)CC1. The molecule has 1 fully saturated rings. The molecule has 2 heterocycles. The van der Waals surface area contributed by atoms with Crippen LogP contribution in [0.4, 0.5) is 4.39 Å². The van der Waals surface area contributed by atoms with Crippen LogP contribution in [-0.4, -0.2) is 41.8 Å². The Hall–Kier alpha value is -3.54. The van der Waals surface area contributed by atoms with E-state index in [4.69, 9.17) is 0 Å². The second-order valence-electron chi connectivity index (χ2n) is 8.62. The fraction of sp³-hybridized carbons (Fsp3) is 0.296. The van der Waals surface area contributed by atoms with Gasteiger partial charge in [-0.15, -0.1) is 0 Å². The van der Waals surface area contributed by atoms with E-state index in [1.54, 1.807) is 30.3 Å². The van der Waals surface area contributed by atoms with Crippen LogP contribution in [0.15, 0.2) is 73.1 Å². The van der Waals surface area contributed by atoms with Gasteiger partial charge in [0.2, 0.25) is 11.8 Å². The van der Waals surface area contributed by atoms with Crippen molar-refractivity contribution in [3.63, 3.8) is 0 Å². The number of amides is 2. The second kappa shape index (κ2) is 9.94. The molecule has 3 aromatic rings. The first-order chi connectivity index (χ1) is 16.0. The molecule has 0 atom stereocenters. The lowest BCUT2D eigenvalue weighted by molar-refractivity contribution is -0.140. The van der Waals surface area contributed by atoms with Gasteiger partial charge in [-0.05, 0) is 54.2 Å². The first kappa shape index (κ1) is 22.6. The molecular weight excluding hydrogens is 417 g/mol. The summed E-state index contributed by atoms with van der Waals surface area (Å²) in [6.07, 6.45) is 5.47. The summed E-state index contributed by atoms with van der Waals surface area (Å²) in [5.41, 5.74) is 3.24. The molecule has 0 aliphatic carbocycles. The van der Waals surface area contributed by atoms with Crippen molar-refractivity contribution in [1.29, 1.82) is 0 Å². The molecule has 1 aliphatic heterocycles. The predicted octanol–water partition coefficient (Wildman–Crippen LogP) is 4.03. The molecule has 5 nitrogen and oxygen atoms in total. The maximum atomic E-state index is 13.5. The van der Waals surface area contributed by atoms with Crippen LogP contribution in [0.1, 0.15) is 24.0 Å². The van der Waals surface area contributed by atoms with E-state index in [1.807, 2.05) is 30.5 Å². The van der Waals surface area contributed by atoms with Crippen LogP contribution in [0.3, 0.4) is 0 Å². The van der Waals surface area contributed by atoms with Gasteiger partial charge in [0.15, 0.2) is 0 Å². The van der Waals surface area contributed by atoms with Crippen LogP contribution in [0.5, 0.6) is 0 Å². The highest BCUT2D eigenvalue weighted by atomic mass is 19.1. The van der Waals surface area contributed by atoms with Crippen molar-refractivity contribution in [3.8, 4) is 11.1 Å². The summed E-state index contributed by atoms with van der Waals surface area (Å²) in [6.45, 7) is 0.993. The van der Waals surface area contributed by atoms with Gasteiger partial charge in [0, 0.05) is 38.1 Å². The highest BCUT2D eigenvalue weighted by Crippen LogP contribution is 2.38. The molecule has 0 radical (unpaired) electrons. The lowest BCUT2D eigenvalue weighted by atomic mass is 9.72. The molecule has 1 saturated heterocycles. The number of likely N-dealkylation sites (tertiary alicyclic amines) is 1. The Morgan fingerprint density at radius 1 is 1.06 bits per heavy atom. The Kier molecular flexibility index (Phi) is 6.82. The highest BCUT2D eigenvalue weighted by molar-refractivity contribution is 5.84. The van der Waals surface area contributed by atoms with E-state index in [9.17, 15) is 14.0 Å². The number of nitrogens with zero attached hydrogens (tertiary/aromatic N) is 2. The van der Waals surface area contributed by atoms with Crippen molar-refractivity contribution in [3.05, 3.63) is 90.0 Å². The number of carbonyl (C=O) groups excluding carboxylic acids is 2. The minimum absolute atomic E-state index is 0.000666. The molecule has 1 aromatic heterocycles. The Labute approximate surface area is 193 Å². The molecule has 0 bridgehead atoms. The third-order valence-electron chi connectivity index (χ3n) is 6.55. The summed E-state index contributed by atoms with van der Waals surface area (Å²) in [6, 6.07) is 18.2. The molecule has 2 amide bonds. The Balaban J connectivity index is 1.51. The maximum Gasteiger partial charge on any atom is 0.226 e. The maximum absolute atomic E-state index is 13.5. The van der Waals surface area contributed by atoms with Gasteiger partial charge in [0.1, 0.15) is 5.82 Å². The number of piperidine rings is 1. The highest BCUT2D eigenvalue weighted by Gasteiger charge is 2.42. The van der Waals surface area contributed by atoms with Gasteiger partial charge >= 0.3 is 0 Å². The van der Waals surface area contributed by atoms with E-state index >= 15 is 0 Å². The zero-order chi connectivity index (χ0) is 23.3. The van der Waals surface area contributed by atoms with Crippen molar-refractivity contribution in [2.75, 3.05) is 20.1 Å². The monoisotopic (exact) mass is 445 g/mol. The second-order valence-corrected chi connectivity index (χ2v) is 8.62. The average Bonchev–Trinajstić information content (AvgIpc) is 2.85. The van der Waals surface area contributed by atoms with Crippen molar-refractivity contribution in [1.82, 2.24) is 15.2 Å². The van der Waals surface area contributed by atoms with E-state index in [2.05, 4.69) is 22.4 Å². The molecule has 33 heavy (non-hydrogen) atoms. The van der Waals surface area contributed by atoms with Gasteiger partial charge in [0.25, 0.3) is 0 Å². The first-order valence-electron chi connectivity index (χ1n) is 11.2. The number of halogens is 1. The van der Waals surface area contributed by atoms with Gasteiger partial charge in [-0.3, -0.25) is 14.6 Å². The van der Waals surface area contributed by atoms with Crippen molar-refractivity contribution in [2.45, 2.75) is 25.7 Å². The lowest BCUT2D eigenvalue weighted by Gasteiger charge is -2.41. The fourth-order valence-corrected chi connectivity index (χ4v) is 4.71. The normalized spacial score (nSPS) is 15.2. The Morgan fingerprint density at radius 2 is 1.85 bits per heavy atom. The average molecular weight is 446 g/mol. The van der Waals surface area contributed by atoms with Crippen LogP contribution in [0.2, 0.25) is 0 Å². The molecule has 0 saturated carbocycles. The van der Waals surface area contributed by atoms with Crippen molar-refractivity contribution >= 4 is 11.8 Å². The first-order valence-corrected chi connectivity index (χ1v) is 11.2. The third kappa shape index (κ3) is 5.11. The van der Waals surface area contributed by atoms with E-state index in [0.29, 0.717) is 37.9 Å². The summed E-state index contributed by atoms with van der Waals surface area (Å²) in [7, 11) is 1.67. The zero-order valence-electron chi connectivity index (χ0n) is 18.8. The number of rotatable bonds is 6. The number of hydrogen-bond donors (Lipinski definition) is 1. The van der Waals surface area contributed by atoms with E-state index in [1.165, 1.54) is 12.1 Å². The summed E-state index contributed by atoms with van der Waals surface area (Å²) in [4.78, 5) is 31.9. The van der Waals surface area contributed by atoms with E-state index in [0.717, 1.165) is 16.7 Å². The molecular formula is C27H28FN3O2. The van der Waals surface area contributed by atoms with Gasteiger partial charge in [0.05, 0.1) is 11.8 Å². The number of pyridine rings is 1. The predicted molar refractivity (Wildman–Crippen MR) is 126 cm³/mol. The number of aromatic nitrogens is 1. The van der Waals surface area contributed by atoms with Gasteiger partial charge < -0.3 is 10.2 Å². The van der Waals surface area contributed by atoms with Gasteiger partial charge in [-0.25, -0.2) is 4.39 Å². The summed E-state index contributed by atoms with van der Waals surface area (Å²) in [5, 5.41) is 2.85. The largest absolute Gasteiger partial charge is 0.359 e. The lowest BCUT2D eigenvalue weighted by Crippen LogP contribution is -2.51. The van der Waals surface area contributed by atoms with Gasteiger partial charge in [-0.2, -0.15) is 0 Å². The minimum atomic E-state index is -0.595. The smallest absolute Gasteiger partial charge is 0.226 e. The van der Waals surface area contributed by atoms with Crippen LogP contribution >= 0.6 is 0 Å². The summed E-state index contributed by atoms with van der Waals surface area (Å²) < 4.78 is 13.5. The fourth-order valence-electron chi connectivity index (χ4n) is 4.71. The molecule has 2 aromatic carbocycles. The Morgan fingerprint density at radius 3 is 2.55 bits per heavy atom. The van der Waals surface area contributed by atoms with Crippen LogP contribution in [0.25, 0.3) is 11.1 Å². The van der Waals surface area contributed by atoms with E-state index in [-0.39, 0.29) is 24.1 Å². The zero-order valence-corrected chi connectivity index (χ0v) is 18.8. The molecule has 0 unspecified atom stereocenters. The minimum Gasteiger partial charge on any atom is -0.359 e. The third-order valence-corrected chi connectivity index (χ3v) is 6.55. The van der Waals surface area contributed by atoms with Crippen LogP contribution in [-0.2, 0) is 22.4 Å². The van der Waals surface area contributed by atoms with Crippen molar-refractivity contribution in [2.24, 2.45) is 5.41 Å². The van der Waals surface area contributed by atoms with Crippen LogP contribution < -0.4 is 5.32 Å². The topological polar surface area (TPSA) is 62.3 Å². The van der Waals surface area contributed by atoms with Crippen molar-refractivity contribution < 1.29 is 14.0 Å². The number of carbonyl (C=O) groups is 2. The van der Waals surface area contributed by atoms with Crippen LogP contribution in [0, 0.1) is 11.2 Å². The standard InChI is InChI=1S/C27H28FN3O2/c1-29-26(33)27(18-21-7-2-3-10-24(21)22-8-5-13-30-19-22)11-14-31(15-12-27)25(32)17-20-6-4-9-23(28)16-20/h2-10,13,16,19H,11-12,14-15,17-18H2,1H3,(H,29,33). The molecule has 0 spiro atoms. The summed E-state index contributed by atoms with van der Waals surface area (Å²) in [5.74, 6) is -0.382. The number of hydrogen-bond acceptors (Lipinski definition) is 3. The summed E-state index contributed by atoms with van der Waals surface area (Å²) >= 11 is 0. The molecule has 1 N–H and O–H groups in total. The molecule has 170 valence electrons. The number of nitrogens with one attached hydrogen (secondary N) is 1. The number of benzene rings is 2. The molecule has 6 heteroatoms.